The number of aliphatic hydroxyl groups excluding tert-OH is 1. The van der Waals surface area contributed by atoms with E-state index in [0.717, 1.165) is 36.3 Å². The summed E-state index contributed by atoms with van der Waals surface area (Å²) < 4.78 is 0. The molecule has 0 aliphatic heterocycles. The number of amides is 1. The molecular weight excluding hydrogens is 300 g/mol. The highest BCUT2D eigenvalue weighted by Gasteiger charge is 2.09. The van der Waals surface area contributed by atoms with Gasteiger partial charge in [-0.25, -0.2) is 0 Å². The molecule has 0 saturated heterocycles. The highest BCUT2D eigenvalue weighted by atomic mass is 16.3. The topological polar surface area (TPSA) is 52.6 Å². The van der Waals surface area contributed by atoms with Crippen LogP contribution in [0.3, 0.4) is 0 Å². The minimum Gasteiger partial charge on any atom is -0.395 e. The predicted octanol–water partition coefficient (Wildman–Crippen LogP) is 3.85. The number of hydrogen-bond donors (Lipinski definition) is 2. The van der Waals surface area contributed by atoms with Gasteiger partial charge in [-0.05, 0) is 43.7 Å². The number of hydrogen-bond acceptors (Lipinski definition) is 3. The van der Waals surface area contributed by atoms with Crippen molar-refractivity contribution in [2.24, 2.45) is 0 Å². The first-order valence-electron chi connectivity index (χ1n) is 8.48. The molecule has 24 heavy (non-hydrogen) atoms. The minimum atomic E-state index is -0.113. The highest BCUT2D eigenvalue weighted by molar-refractivity contribution is 6.04. The van der Waals surface area contributed by atoms with Gasteiger partial charge in [0.15, 0.2) is 0 Å². The first-order valence-corrected chi connectivity index (χ1v) is 8.48. The van der Waals surface area contributed by atoms with Gasteiger partial charge < -0.3 is 15.3 Å². The fourth-order valence-corrected chi connectivity index (χ4v) is 2.61. The number of rotatable bonds is 8. The zero-order valence-electron chi connectivity index (χ0n) is 14.5. The molecule has 2 aromatic carbocycles. The average Bonchev–Trinajstić information content (AvgIpc) is 2.59. The number of aliphatic hydroxyl groups is 1. The van der Waals surface area contributed by atoms with Gasteiger partial charge >= 0.3 is 0 Å². The van der Waals surface area contributed by atoms with Crippen molar-refractivity contribution in [3.05, 3.63) is 59.7 Å². The molecule has 2 aromatic rings. The third kappa shape index (κ3) is 5.10. The first kappa shape index (κ1) is 18.0. The van der Waals surface area contributed by atoms with E-state index in [1.165, 1.54) is 0 Å². The van der Waals surface area contributed by atoms with Crippen LogP contribution in [0.5, 0.6) is 0 Å². The normalized spacial score (nSPS) is 10.5. The van der Waals surface area contributed by atoms with Crippen LogP contribution in [0, 0.1) is 6.92 Å². The van der Waals surface area contributed by atoms with Gasteiger partial charge in [0.05, 0.1) is 6.61 Å². The van der Waals surface area contributed by atoms with Crippen LogP contribution in [0.4, 0.5) is 11.4 Å². The van der Waals surface area contributed by atoms with Gasteiger partial charge in [-0.3, -0.25) is 4.79 Å². The molecule has 0 radical (unpaired) electrons. The summed E-state index contributed by atoms with van der Waals surface area (Å²) in [5, 5.41) is 12.2. The molecule has 2 N–H and O–H groups in total. The zero-order valence-corrected chi connectivity index (χ0v) is 14.5. The number of anilines is 2. The summed E-state index contributed by atoms with van der Waals surface area (Å²) in [6, 6.07) is 15.3. The van der Waals surface area contributed by atoms with Gasteiger partial charge in [-0.15, -0.1) is 0 Å². The maximum Gasteiger partial charge on any atom is 0.255 e. The number of nitrogens with one attached hydrogen (secondary N) is 1. The van der Waals surface area contributed by atoms with Crippen molar-refractivity contribution in [3.63, 3.8) is 0 Å². The number of benzene rings is 2. The lowest BCUT2D eigenvalue weighted by atomic mass is 10.1. The molecule has 0 heterocycles. The third-order valence-corrected chi connectivity index (χ3v) is 3.90. The molecule has 0 atom stereocenters. The van der Waals surface area contributed by atoms with E-state index in [-0.39, 0.29) is 12.5 Å². The lowest BCUT2D eigenvalue weighted by molar-refractivity contribution is 0.102. The summed E-state index contributed by atoms with van der Waals surface area (Å²) in [5.74, 6) is -0.113. The Kier molecular flexibility index (Phi) is 6.82. The quantitative estimate of drug-likeness (QED) is 0.775. The standard InChI is InChI=1S/C20H26N2O2/c1-3-4-11-22(12-13-23)19-10-6-9-18(15-19)21-20(24)17-8-5-7-16(2)14-17/h5-10,14-15,23H,3-4,11-13H2,1-2H3,(H,21,24). The second kappa shape index (κ2) is 9.08. The van der Waals surface area contributed by atoms with E-state index in [1.54, 1.807) is 0 Å². The minimum absolute atomic E-state index is 0.113. The Morgan fingerprint density at radius 1 is 1.12 bits per heavy atom. The fourth-order valence-electron chi connectivity index (χ4n) is 2.61. The van der Waals surface area contributed by atoms with Gasteiger partial charge in [0.1, 0.15) is 0 Å². The number of carbonyl (C=O) groups excluding carboxylic acids is 1. The Morgan fingerprint density at radius 2 is 1.92 bits per heavy atom. The van der Waals surface area contributed by atoms with Crippen LogP contribution in [0.15, 0.2) is 48.5 Å². The molecule has 0 bridgehead atoms. The van der Waals surface area contributed by atoms with Crippen LogP contribution in [-0.2, 0) is 0 Å². The van der Waals surface area contributed by atoms with Crippen molar-refractivity contribution in [2.45, 2.75) is 26.7 Å². The van der Waals surface area contributed by atoms with E-state index >= 15 is 0 Å². The highest BCUT2D eigenvalue weighted by Crippen LogP contribution is 2.20. The molecule has 0 aromatic heterocycles. The van der Waals surface area contributed by atoms with Crippen molar-refractivity contribution >= 4 is 17.3 Å². The fraction of sp³-hybridized carbons (Fsp3) is 0.350. The lowest BCUT2D eigenvalue weighted by Crippen LogP contribution is -2.27. The first-order chi connectivity index (χ1) is 11.6. The summed E-state index contributed by atoms with van der Waals surface area (Å²) in [6.45, 7) is 5.72. The summed E-state index contributed by atoms with van der Waals surface area (Å²) in [5.41, 5.74) is 3.49. The maximum atomic E-state index is 12.4. The lowest BCUT2D eigenvalue weighted by Gasteiger charge is -2.24. The van der Waals surface area contributed by atoms with Crippen molar-refractivity contribution < 1.29 is 9.90 Å². The van der Waals surface area contributed by atoms with E-state index in [2.05, 4.69) is 17.1 Å². The number of carbonyl (C=O) groups is 1. The summed E-state index contributed by atoms with van der Waals surface area (Å²) in [7, 11) is 0. The van der Waals surface area contributed by atoms with E-state index in [4.69, 9.17) is 0 Å². The molecule has 0 spiro atoms. The summed E-state index contributed by atoms with van der Waals surface area (Å²) in [6.07, 6.45) is 2.17. The Bertz CT molecular complexity index is 670. The second-order valence-electron chi connectivity index (χ2n) is 5.94. The molecule has 0 saturated carbocycles. The molecule has 0 aliphatic carbocycles. The van der Waals surface area contributed by atoms with Gasteiger partial charge in [0.2, 0.25) is 0 Å². The molecule has 4 nitrogen and oxygen atoms in total. The average molecular weight is 326 g/mol. The van der Waals surface area contributed by atoms with Crippen LogP contribution in [0.2, 0.25) is 0 Å². The molecule has 0 unspecified atom stereocenters. The van der Waals surface area contributed by atoms with E-state index < -0.39 is 0 Å². The second-order valence-corrected chi connectivity index (χ2v) is 5.94. The van der Waals surface area contributed by atoms with Crippen LogP contribution in [0.1, 0.15) is 35.7 Å². The molecule has 2 rings (SSSR count). The van der Waals surface area contributed by atoms with Gasteiger partial charge in [-0.2, -0.15) is 0 Å². The van der Waals surface area contributed by atoms with Crippen LogP contribution in [0.25, 0.3) is 0 Å². The Balaban J connectivity index is 2.12. The molecule has 1 amide bonds. The van der Waals surface area contributed by atoms with Crippen molar-refractivity contribution in [1.82, 2.24) is 0 Å². The Hall–Kier alpha value is -2.33. The third-order valence-electron chi connectivity index (χ3n) is 3.90. The SMILES string of the molecule is CCCCN(CCO)c1cccc(NC(=O)c2cccc(C)c2)c1. The number of unbranched alkanes of at least 4 members (excludes halogenated alkanes) is 1. The van der Waals surface area contributed by atoms with Gasteiger partial charge in [0.25, 0.3) is 5.91 Å². The van der Waals surface area contributed by atoms with Crippen LogP contribution < -0.4 is 10.2 Å². The van der Waals surface area contributed by atoms with Crippen molar-refractivity contribution in [1.29, 1.82) is 0 Å². The predicted molar refractivity (Wildman–Crippen MR) is 99.8 cm³/mol. The molecule has 4 heteroatoms. The van der Waals surface area contributed by atoms with Gasteiger partial charge in [0, 0.05) is 30.0 Å². The maximum absolute atomic E-state index is 12.4. The van der Waals surface area contributed by atoms with Crippen LogP contribution >= 0.6 is 0 Å². The molecule has 0 aliphatic rings. The van der Waals surface area contributed by atoms with Crippen molar-refractivity contribution in [3.8, 4) is 0 Å². The molecule has 0 fully saturated rings. The summed E-state index contributed by atoms with van der Waals surface area (Å²) >= 11 is 0. The van der Waals surface area contributed by atoms with E-state index in [1.807, 2.05) is 55.5 Å². The molecular formula is C20H26N2O2. The van der Waals surface area contributed by atoms with Gasteiger partial charge in [-0.1, -0.05) is 37.1 Å². The zero-order chi connectivity index (χ0) is 17.4. The van der Waals surface area contributed by atoms with E-state index in [9.17, 15) is 9.90 Å². The number of aryl methyl sites for hydroxylation is 1. The largest absolute Gasteiger partial charge is 0.395 e. The smallest absolute Gasteiger partial charge is 0.255 e. The monoisotopic (exact) mass is 326 g/mol. The Labute approximate surface area is 144 Å². The molecule has 128 valence electrons. The summed E-state index contributed by atoms with van der Waals surface area (Å²) in [4.78, 5) is 14.5. The van der Waals surface area contributed by atoms with Crippen LogP contribution in [-0.4, -0.2) is 30.7 Å². The number of nitrogens with zero attached hydrogens (tertiary/aromatic N) is 1. The Morgan fingerprint density at radius 3 is 2.62 bits per heavy atom. The van der Waals surface area contributed by atoms with Crippen molar-refractivity contribution in [2.75, 3.05) is 29.9 Å². The van der Waals surface area contributed by atoms with E-state index in [0.29, 0.717) is 12.1 Å².